The minimum Gasteiger partial charge on any atom is -0.475 e. The molecule has 0 spiro atoms. The highest BCUT2D eigenvalue weighted by molar-refractivity contribution is 6.35. The Balaban J connectivity index is 2.48. The SMILES string of the molecule is O=[N+]([O-])c1cccc(C2=NCCO2)c1Cl. The van der Waals surface area contributed by atoms with Crippen LogP contribution in [0.5, 0.6) is 0 Å². The number of rotatable bonds is 2. The molecule has 78 valence electrons. The summed E-state index contributed by atoms with van der Waals surface area (Å²) in [4.78, 5) is 14.2. The molecule has 0 saturated heterocycles. The van der Waals surface area contributed by atoms with Gasteiger partial charge in [-0.25, -0.2) is 4.99 Å². The number of benzene rings is 1. The molecule has 0 aliphatic carbocycles. The van der Waals surface area contributed by atoms with Crippen molar-refractivity contribution in [2.24, 2.45) is 4.99 Å². The summed E-state index contributed by atoms with van der Waals surface area (Å²) in [5.41, 5.74) is 0.343. The molecular formula is C9H7ClN2O3. The number of nitrogens with zero attached hydrogens (tertiary/aromatic N) is 2. The van der Waals surface area contributed by atoms with Crippen LogP contribution in [-0.2, 0) is 4.74 Å². The van der Waals surface area contributed by atoms with Gasteiger partial charge in [0.05, 0.1) is 17.0 Å². The Kier molecular flexibility index (Phi) is 2.55. The van der Waals surface area contributed by atoms with Gasteiger partial charge in [0.2, 0.25) is 5.90 Å². The number of nitro groups is 1. The predicted octanol–water partition coefficient (Wildman–Crippen LogP) is 2.02. The van der Waals surface area contributed by atoms with E-state index in [1.54, 1.807) is 12.1 Å². The number of ether oxygens (including phenoxy) is 1. The lowest BCUT2D eigenvalue weighted by Crippen LogP contribution is -2.03. The fourth-order valence-electron chi connectivity index (χ4n) is 1.32. The van der Waals surface area contributed by atoms with E-state index in [-0.39, 0.29) is 10.7 Å². The van der Waals surface area contributed by atoms with E-state index >= 15 is 0 Å². The van der Waals surface area contributed by atoms with Crippen LogP contribution in [0.25, 0.3) is 0 Å². The number of halogens is 1. The Bertz CT molecular complexity index is 445. The summed E-state index contributed by atoms with van der Waals surface area (Å²) in [5.74, 6) is 0.378. The summed E-state index contributed by atoms with van der Waals surface area (Å²) in [6.45, 7) is 1.06. The topological polar surface area (TPSA) is 64.7 Å². The lowest BCUT2D eigenvalue weighted by Gasteiger charge is -2.03. The van der Waals surface area contributed by atoms with E-state index in [0.29, 0.717) is 24.6 Å². The number of hydrogen-bond acceptors (Lipinski definition) is 4. The first-order valence-electron chi connectivity index (χ1n) is 4.30. The number of hydrogen-bond donors (Lipinski definition) is 0. The molecule has 6 heteroatoms. The van der Waals surface area contributed by atoms with Crippen molar-refractivity contribution in [3.05, 3.63) is 38.9 Å². The van der Waals surface area contributed by atoms with E-state index in [4.69, 9.17) is 16.3 Å². The maximum Gasteiger partial charge on any atom is 0.288 e. The van der Waals surface area contributed by atoms with Gasteiger partial charge < -0.3 is 4.74 Å². The van der Waals surface area contributed by atoms with E-state index < -0.39 is 4.92 Å². The van der Waals surface area contributed by atoms with Crippen LogP contribution in [0.1, 0.15) is 5.56 Å². The smallest absolute Gasteiger partial charge is 0.288 e. The molecule has 0 bridgehead atoms. The van der Waals surface area contributed by atoms with Crippen LogP contribution < -0.4 is 0 Å². The fraction of sp³-hybridized carbons (Fsp3) is 0.222. The molecule has 5 nitrogen and oxygen atoms in total. The lowest BCUT2D eigenvalue weighted by molar-refractivity contribution is -0.384. The van der Waals surface area contributed by atoms with Crippen molar-refractivity contribution in [1.29, 1.82) is 0 Å². The van der Waals surface area contributed by atoms with Gasteiger partial charge >= 0.3 is 0 Å². The van der Waals surface area contributed by atoms with Gasteiger partial charge in [-0.15, -0.1) is 0 Å². The Morgan fingerprint density at radius 3 is 2.93 bits per heavy atom. The molecule has 0 fully saturated rings. The molecule has 1 aromatic rings. The van der Waals surface area contributed by atoms with Crippen LogP contribution in [-0.4, -0.2) is 24.0 Å². The molecule has 0 radical (unpaired) electrons. The molecular weight excluding hydrogens is 220 g/mol. The molecule has 0 aromatic heterocycles. The van der Waals surface area contributed by atoms with E-state index in [9.17, 15) is 10.1 Å². The first-order valence-corrected chi connectivity index (χ1v) is 4.68. The largest absolute Gasteiger partial charge is 0.475 e. The van der Waals surface area contributed by atoms with Crippen molar-refractivity contribution >= 4 is 23.2 Å². The molecule has 0 saturated carbocycles. The van der Waals surface area contributed by atoms with Gasteiger partial charge in [0, 0.05) is 6.07 Å². The van der Waals surface area contributed by atoms with Crippen LogP contribution in [0, 0.1) is 10.1 Å². The third kappa shape index (κ3) is 1.78. The molecule has 0 unspecified atom stereocenters. The third-order valence-electron chi connectivity index (χ3n) is 1.99. The second-order valence-electron chi connectivity index (χ2n) is 2.93. The highest BCUT2D eigenvalue weighted by Gasteiger charge is 2.20. The van der Waals surface area contributed by atoms with E-state index in [0.717, 1.165) is 0 Å². The summed E-state index contributed by atoms with van der Waals surface area (Å²) >= 11 is 5.88. The lowest BCUT2D eigenvalue weighted by atomic mass is 10.2. The molecule has 1 aliphatic heterocycles. The zero-order valence-electron chi connectivity index (χ0n) is 7.64. The van der Waals surface area contributed by atoms with Crippen molar-refractivity contribution in [1.82, 2.24) is 0 Å². The normalized spacial score (nSPS) is 14.6. The molecule has 1 aromatic carbocycles. The second-order valence-corrected chi connectivity index (χ2v) is 3.31. The minimum absolute atomic E-state index is 0.0724. The summed E-state index contributed by atoms with van der Waals surface area (Å²) in [6, 6.07) is 4.56. The highest BCUT2D eigenvalue weighted by Crippen LogP contribution is 2.28. The van der Waals surface area contributed by atoms with Gasteiger partial charge in [-0.1, -0.05) is 17.7 Å². The minimum atomic E-state index is -0.526. The van der Waals surface area contributed by atoms with E-state index in [1.165, 1.54) is 6.07 Å². The summed E-state index contributed by atoms with van der Waals surface area (Å²) in [5, 5.41) is 10.7. The van der Waals surface area contributed by atoms with Crippen molar-refractivity contribution < 1.29 is 9.66 Å². The quantitative estimate of drug-likeness (QED) is 0.572. The van der Waals surface area contributed by atoms with Gasteiger partial charge in [-0.2, -0.15) is 0 Å². The molecule has 0 atom stereocenters. The Morgan fingerprint density at radius 2 is 2.33 bits per heavy atom. The van der Waals surface area contributed by atoms with Crippen molar-refractivity contribution in [2.75, 3.05) is 13.2 Å². The zero-order chi connectivity index (χ0) is 10.8. The van der Waals surface area contributed by atoms with Crippen molar-refractivity contribution in [3.8, 4) is 0 Å². The van der Waals surface area contributed by atoms with Gasteiger partial charge in [0.1, 0.15) is 11.6 Å². The average Bonchev–Trinajstić information content (AvgIpc) is 2.70. The first-order chi connectivity index (χ1) is 7.20. The Hall–Kier alpha value is -1.62. The van der Waals surface area contributed by atoms with Gasteiger partial charge in [0.15, 0.2) is 0 Å². The molecule has 0 N–H and O–H groups in total. The molecule has 0 amide bonds. The first kappa shape index (κ1) is 9.92. The summed E-state index contributed by atoms with van der Waals surface area (Å²) in [6.07, 6.45) is 0. The van der Waals surface area contributed by atoms with Crippen LogP contribution in [0.2, 0.25) is 5.02 Å². The Morgan fingerprint density at radius 1 is 1.53 bits per heavy atom. The van der Waals surface area contributed by atoms with Crippen molar-refractivity contribution in [2.45, 2.75) is 0 Å². The monoisotopic (exact) mass is 226 g/mol. The second kappa shape index (κ2) is 3.86. The predicted molar refractivity (Wildman–Crippen MR) is 55.5 cm³/mol. The Labute approximate surface area is 90.5 Å². The molecule has 1 heterocycles. The van der Waals surface area contributed by atoms with Gasteiger partial charge in [-0.05, 0) is 6.07 Å². The van der Waals surface area contributed by atoms with Crippen LogP contribution in [0.15, 0.2) is 23.2 Å². The van der Waals surface area contributed by atoms with Crippen molar-refractivity contribution in [3.63, 3.8) is 0 Å². The molecule has 15 heavy (non-hydrogen) atoms. The molecule has 2 rings (SSSR count). The summed E-state index contributed by atoms with van der Waals surface area (Å²) in [7, 11) is 0. The van der Waals surface area contributed by atoms with E-state index in [2.05, 4.69) is 4.99 Å². The molecule has 1 aliphatic rings. The van der Waals surface area contributed by atoms with E-state index in [1.807, 2.05) is 0 Å². The average molecular weight is 227 g/mol. The number of aliphatic imine (C=N–C) groups is 1. The summed E-state index contributed by atoms with van der Waals surface area (Å²) < 4.78 is 5.20. The van der Waals surface area contributed by atoms with Crippen LogP contribution in [0.3, 0.4) is 0 Å². The standard InChI is InChI=1S/C9H7ClN2O3/c10-8-6(9-11-4-5-15-9)2-1-3-7(8)12(13)14/h1-3H,4-5H2. The van der Waals surface area contributed by atoms with Gasteiger partial charge in [0.25, 0.3) is 5.69 Å². The zero-order valence-corrected chi connectivity index (χ0v) is 8.40. The number of nitro benzene ring substituents is 1. The van der Waals surface area contributed by atoms with Crippen LogP contribution >= 0.6 is 11.6 Å². The third-order valence-corrected chi connectivity index (χ3v) is 2.39. The van der Waals surface area contributed by atoms with Crippen LogP contribution in [0.4, 0.5) is 5.69 Å². The maximum atomic E-state index is 10.6. The fourth-order valence-corrected chi connectivity index (χ4v) is 1.60. The van der Waals surface area contributed by atoms with Gasteiger partial charge in [-0.3, -0.25) is 10.1 Å². The maximum absolute atomic E-state index is 10.6. The highest BCUT2D eigenvalue weighted by atomic mass is 35.5.